The first-order valence-corrected chi connectivity index (χ1v) is 13.6. The van der Waals surface area contributed by atoms with Gasteiger partial charge in [0, 0.05) is 24.4 Å². The topological polar surface area (TPSA) is 57.5 Å². The number of Topliss-reactive ketones (excluding diaryl/α,β-unsaturated/α-hetero) is 1. The molecule has 0 unspecified atom stereocenters. The zero-order valence-corrected chi connectivity index (χ0v) is 22.2. The second kappa shape index (κ2) is 14.5. The molecule has 0 spiro atoms. The molecule has 5 heteroatoms. The van der Waals surface area contributed by atoms with E-state index in [-0.39, 0.29) is 12.4 Å². The summed E-state index contributed by atoms with van der Waals surface area (Å²) in [5, 5.41) is 0.785. The molecule has 0 radical (unpaired) electrons. The van der Waals surface area contributed by atoms with Crippen molar-refractivity contribution in [1.29, 1.82) is 0 Å². The van der Waals surface area contributed by atoms with Gasteiger partial charge in [0.1, 0.15) is 11.4 Å². The summed E-state index contributed by atoms with van der Waals surface area (Å²) in [5.74, 6) is 0.318. The summed E-state index contributed by atoms with van der Waals surface area (Å²) < 4.78 is 13.1. The van der Waals surface area contributed by atoms with Crippen molar-refractivity contribution in [3.8, 4) is 5.75 Å². The Balaban J connectivity index is 1.61. The highest BCUT2D eigenvalue weighted by Gasteiger charge is 2.26. The van der Waals surface area contributed by atoms with Gasteiger partial charge in [-0.15, -0.1) is 0 Å². The molecule has 0 aliphatic heterocycles. The van der Waals surface area contributed by atoms with E-state index in [9.17, 15) is 9.59 Å². The molecular weight excluding hydrogens is 450 g/mol. The molecule has 3 rings (SSSR count). The molecule has 0 aliphatic carbocycles. The van der Waals surface area contributed by atoms with Crippen LogP contribution < -0.4 is 4.74 Å². The van der Waals surface area contributed by atoms with Crippen LogP contribution in [-0.4, -0.2) is 29.5 Å². The van der Waals surface area contributed by atoms with Gasteiger partial charge in [-0.2, -0.15) is 0 Å². The van der Waals surface area contributed by atoms with Gasteiger partial charge < -0.3 is 14.0 Å². The molecule has 1 heterocycles. The Hall–Kier alpha value is -3.08. The maximum Gasteiger partial charge on any atom is 0.355 e. The lowest BCUT2D eigenvalue weighted by atomic mass is 9.99. The standard InChI is InChI=1S/C31H41NO4/c1-4-6-7-8-9-10-11-16-23-36-28-20-15-12-17-24(28)21-22-27(33)29-25-18-13-14-19-26(25)32(3)30(29)31(34)35-5-2/h12-15,17-20H,4-11,16,21-23H2,1-3H3. The van der Waals surface area contributed by atoms with Gasteiger partial charge in [-0.05, 0) is 37.5 Å². The maximum absolute atomic E-state index is 13.5. The molecule has 0 bridgehead atoms. The van der Waals surface area contributed by atoms with Crippen LogP contribution in [0, 0.1) is 0 Å². The fourth-order valence-corrected chi connectivity index (χ4v) is 4.76. The van der Waals surface area contributed by atoms with E-state index in [0.717, 1.165) is 28.6 Å². The van der Waals surface area contributed by atoms with Gasteiger partial charge in [0.2, 0.25) is 0 Å². The third-order valence-electron chi connectivity index (χ3n) is 6.70. The van der Waals surface area contributed by atoms with Crippen molar-refractivity contribution in [3.63, 3.8) is 0 Å². The Morgan fingerprint density at radius 2 is 1.50 bits per heavy atom. The lowest BCUT2D eigenvalue weighted by Gasteiger charge is -2.12. The normalized spacial score (nSPS) is 11.1. The molecular formula is C31H41NO4. The number of carbonyl (C=O) groups is 2. The Morgan fingerprint density at radius 3 is 2.25 bits per heavy atom. The number of para-hydroxylation sites is 2. The predicted molar refractivity (Wildman–Crippen MR) is 146 cm³/mol. The van der Waals surface area contributed by atoms with Crippen molar-refractivity contribution >= 4 is 22.7 Å². The van der Waals surface area contributed by atoms with E-state index < -0.39 is 5.97 Å². The van der Waals surface area contributed by atoms with E-state index in [4.69, 9.17) is 9.47 Å². The number of fused-ring (bicyclic) bond motifs is 1. The number of unbranched alkanes of at least 4 members (excludes halogenated alkanes) is 7. The zero-order valence-electron chi connectivity index (χ0n) is 22.2. The van der Waals surface area contributed by atoms with E-state index in [1.807, 2.05) is 48.5 Å². The molecule has 0 aliphatic rings. The number of aromatic nitrogens is 1. The second-order valence-corrected chi connectivity index (χ2v) is 9.37. The van der Waals surface area contributed by atoms with Crippen LogP contribution >= 0.6 is 0 Å². The first kappa shape index (κ1) is 27.5. The first-order valence-electron chi connectivity index (χ1n) is 13.6. The van der Waals surface area contributed by atoms with Gasteiger partial charge in [-0.1, -0.05) is 88.3 Å². The van der Waals surface area contributed by atoms with Gasteiger partial charge in [-0.3, -0.25) is 4.79 Å². The Kier molecular flexibility index (Phi) is 11.1. The monoisotopic (exact) mass is 491 g/mol. The van der Waals surface area contributed by atoms with Gasteiger partial charge >= 0.3 is 5.97 Å². The number of aryl methyl sites for hydroxylation is 2. The van der Waals surface area contributed by atoms with Crippen molar-refractivity contribution < 1.29 is 19.1 Å². The van der Waals surface area contributed by atoms with Crippen LogP contribution in [0.25, 0.3) is 10.9 Å². The number of ether oxygens (including phenoxy) is 2. The molecule has 1 aromatic heterocycles. The van der Waals surface area contributed by atoms with Gasteiger partial charge in [-0.25, -0.2) is 4.79 Å². The minimum atomic E-state index is -0.464. The number of carbonyl (C=O) groups excluding carboxylic acids is 2. The molecule has 0 amide bonds. The average Bonchev–Trinajstić information content (AvgIpc) is 3.19. The number of hydrogen-bond donors (Lipinski definition) is 0. The van der Waals surface area contributed by atoms with Crippen molar-refractivity contribution in [1.82, 2.24) is 4.57 Å². The van der Waals surface area contributed by atoms with E-state index in [1.54, 1.807) is 18.5 Å². The molecule has 194 valence electrons. The van der Waals surface area contributed by atoms with Crippen LogP contribution in [0.2, 0.25) is 0 Å². The smallest absolute Gasteiger partial charge is 0.355 e. The number of benzene rings is 2. The van der Waals surface area contributed by atoms with Crippen molar-refractivity contribution in [2.75, 3.05) is 13.2 Å². The summed E-state index contributed by atoms with van der Waals surface area (Å²) in [6.45, 7) is 4.97. The lowest BCUT2D eigenvalue weighted by molar-refractivity contribution is 0.0512. The van der Waals surface area contributed by atoms with E-state index in [1.165, 1.54) is 44.9 Å². The number of rotatable bonds is 16. The third kappa shape index (κ3) is 7.22. The summed E-state index contributed by atoms with van der Waals surface area (Å²) in [6, 6.07) is 15.6. The molecule has 0 atom stereocenters. The van der Waals surface area contributed by atoms with Crippen LogP contribution in [0.1, 0.15) is 98.0 Å². The van der Waals surface area contributed by atoms with Gasteiger partial charge in [0.15, 0.2) is 5.78 Å². The summed E-state index contributed by atoms with van der Waals surface area (Å²) in [6.07, 6.45) is 10.9. The molecule has 0 N–H and O–H groups in total. The Bertz CT molecular complexity index is 1130. The van der Waals surface area contributed by atoms with E-state index in [2.05, 4.69) is 6.92 Å². The average molecular weight is 492 g/mol. The fraction of sp³-hybridized carbons (Fsp3) is 0.484. The van der Waals surface area contributed by atoms with Crippen LogP contribution in [-0.2, 0) is 18.2 Å². The Labute approximate surface area is 215 Å². The van der Waals surface area contributed by atoms with Crippen molar-refractivity contribution in [3.05, 3.63) is 65.4 Å². The predicted octanol–water partition coefficient (Wildman–Crippen LogP) is 7.69. The van der Waals surface area contributed by atoms with Crippen LogP contribution in [0.15, 0.2) is 48.5 Å². The number of ketones is 1. The lowest BCUT2D eigenvalue weighted by Crippen LogP contribution is -2.15. The number of nitrogens with zero attached hydrogens (tertiary/aromatic N) is 1. The highest BCUT2D eigenvalue weighted by molar-refractivity contribution is 6.15. The maximum atomic E-state index is 13.5. The Morgan fingerprint density at radius 1 is 0.833 bits per heavy atom. The van der Waals surface area contributed by atoms with Crippen LogP contribution in [0.4, 0.5) is 0 Å². The molecule has 0 saturated carbocycles. The molecule has 0 fully saturated rings. The minimum Gasteiger partial charge on any atom is -0.493 e. The van der Waals surface area contributed by atoms with Crippen LogP contribution in [0.5, 0.6) is 5.75 Å². The number of esters is 1. The van der Waals surface area contributed by atoms with Crippen molar-refractivity contribution in [2.45, 2.75) is 78.1 Å². The van der Waals surface area contributed by atoms with Crippen molar-refractivity contribution in [2.24, 2.45) is 7.05 Å². The SMILES string of the molecule is CCCCCCCCCCOc1ccccc1CCC(=O)c1c(C(=O)OCC)n(C)c2ccccc12. The highest BCUT2D eigenvalue weighted by atomic mass is 16.5. The molecule has 36 heavy (non-hydrogen) atoms. The quantitative estimate of drug-likeness (QED) is 0.117. The number of hydrogen-bond acceptors (Lipinski definition) is 4. The van der Waals surface area contributed by atoms with Crippen LogP contribution in [0.3, 0.4) is 0 Å². The minimum absolute atomic E-state index is 0.0623. The van der Waals surface area contributed by atoms with E-state index >= 15 is 0 Å². The summed E-state index contributed by atoms with van der Waals surface area (Å²) in [4.78, 5) is 26.2. The molecule has 5 nitrogen and oxygen atoms in total. The molecule has 2 aromatic carbocycles. The molecule has 3 aromatic rings. The summed E-state index contributed by atoms with van der Waals surface area (Å²) in [7, 11) is 1.81. The summed E-state index contributed by atoms with van der Waals surface area (Å²) in [5.41, 5.74) is 2.63. The largest absolute Gasteiger partial charge is 0.493 e. The highest BCUT2D eigenvalue weighted by Crippen LogP contribution is 2.29. The first-order chi connectivity index (χ1) is 17.6. The summed E-state index contributed by atoms with van der Waals surface area (Å²) >= 11 is 0. The third-order valence-corrected chi connectivity index (χ3v) is 6.70. The van der Waals surface area contributed by atoms with E-state index in [0.29, 0.717) is 30.7 Å². The zero-order chi connectivity index (χ0) is 25.8. The van der Waals surface area contributed by atoms with Gasteiger partial charge in [0.25, 0.3) is 0 Å². The fourth-order valence-electron chi connectivity index (χ4n) is 4.76. The molecule has 0 saturated heterocycles. The van der Waals surface area contributed by atoms with Gasteiger partial charge in [0.05, 0.1) is 18.8 Å². The second-order valence-electron chi connectivity index (χ2n) is 9.37.